The molecule has 12 heavy (non-hydrogen) atoms. The predicted molar refractivity (Wildman–Crippen MR) is 28.3 cm³/mol. The molecule has 0 aromatic carbocycles. The summed E-state index contributed by atoms with van der Waals surface area (Å²) in [7, 11) is -3.26. The van der Waals surface area contributed by atoms with Crippen LogP contribution in [0.5, 0.6) is 0 Å². The van der Waals surface area contributed by atoms with Crippen LogP contribution < -0.4 is 0 Å². The maximum absolute atomic E-state index is 12.1. The Morgan fingerprint density at radius 1 is 1.00 bits per heavy atom. The van der Waals surface area contributed by atoms with Crippen LogP contribution in [0.25, 0.3) is 0 Å². The molecule has 0 saturated carbocycles. The molecule has 0 saturated heterocycles. The Morgan fingerprint density at radius 3 is 2.00 bits per heavy atom. The van der Waals surface area contributed by atoms with Crippen molar-refractivity contribution in [1.82, 2.24) is 5.03 Å². The van der Waals surface area contributed by atoms with Gasteiger partial charge in [-0.25, -0.2) is 8.78 Å². The molecule has 0 fully saturated rings. The van der Waals surface area contributed by atoms with Gasteiger partial charge in [-0.3, -0.25) is 4.32 Å². The Labute approximate surface area is 63.0 Å². The van der Waals surface area contributed by atoms with Gasteiger partial charge < -0.3 is 0 Å². The maximum Gasteiger partial charge on any atom is 0.557 e. The van der Waals surface area contributed by atoms with Crippen LogP contribution in [0.15, 0.2) is 23.3 Å². The van der Waals surface area contributed by atoms with E-state index in [1.165, 1.54) is 0 Å². The molecule has 0 spiro atoms. The molecular formula is C4BF6N. The van der Waals surface area contributed by atoms with Crippen molar-refractivity contribution < 1.29 is 26.4 Å². The summed E-state index contributed by atoms with van der Waals surface area (Å²) < 4.78 is 72.2. The lowest BCUT2D eigenvalue weighted by Gasteiger charge is -2.16. The van der Waals surface area contributed by atoms with Crippen LogP contribution in [0.4, 0.5) is 26.4 Å². The summed E-state index contributed by atoms with van der Waals surface area (Å²) in [6.45, 7) is 0. The number of nitrogens with zero attached hydrogens (tertiary/aromatic N) is 1. The van der Waals surface area contributed by atoms with Gasteiger partial charge >= 0.3 is 7.12 Å². The highest BCUT2D eigenvalue weighted by Gasteiger charge is 2.43. The molecule has 0 N–H and O–H groups in total. The van der Waals surface area contributed by atoms with E-state index in [-0.39, 0.29) is 0 Å². The molecule has 66 valence electrons. The first-order valence-corrected chi connectivity index (χ1v) is 2.66. The van der Waals surface area contributed by atoms with Gasteiger partial charge in [0.15, 0.2) is 11.6 Å². The van der Waals surface area contributed by atoms with Gasteiger partial charge in [0.25, 0.3) is 0 Å². The molecule has 1 heterocycles. The highest BCUT2D eigenvalue weighted by atomic mass is 19.2. The Kier molecular flexibility index (Phi) is 2.07. The third kappa shape index (κ3) is 1.07. The molecule has 1 rings (SSSR count). The molecule has 0 amide bonds. The van der Waals surface area contributed by atoms with Crippen LogP contribution >= 0.6 is 0 Å². The largest absolute Gasteiger partial charge is 0.557 e. The second-order valence-electron chi connectivity index (χ2n) is 1.91. The van der Waals surface area contributed by atoms with Crippen molar-refractivity contribution >= 4 is 7.12 Å². The van der Waals surface area contributed by atoms with Gasteiger partial charge in [0.05, 0.1) is 0 Å². The highest BCUT2D eigenvalue weighted by Crippen LogP contribution is 2.33. The molecule has 0 aromatic rings. The zero-order valence-corrected chi connectivity index (χ0v) is 5.29. The van der Waals surface area contributed by atoms with Crippen LogP contribution in [0, 0.1) is 0 Å². The van der Waals surface area contributed by atoms with Crippen LogP contribution in [0.3, 0.4) is 0 Å². The topological polar surface area (TPSA) is 3.24 Å². The standard InChI is InChI=1S/C4BF6N/c6-1-2(7)4(9)12(11)5(10)3(1)8. The lowest BCUT2D eigenvalue weighted by Crippen LogP contribution is -2.32. The van der Waals surface area contributed by atoms with Gasteiger partial charge in [-0.15, -0.1) is 4.48 Å². The monoisotopic (exact) mass is 187 g/mol. The summed E-state index contributed by atoms with van der Waals surface area (Å²) in [5.41, 5.74) is -2.32. The SMILES string of the molecule is FB1C(F)=C(F)C(F)=C(F)N1F. The molecular weight excluding hydrogens is 187 g/mol. The maximum atomic E-state index is 12.1. The molecule has 1 aliphatic heterocycles. The summed E-state index contributed by atoms with van der Waals surface area (Å²) >= 11 is 0. The quantitative estimate of drug-likeness (QED) is 0.243. The molecule has 1 aliphatic rings. The molecule has 8 heteroatoms. The van der Waals surface area contributed by atoms with E-state index in [0.29, 0.717) is 0 Å². The van der Waals surface area contributed by atoms with E-state index in [9.17, 15) is 26.4 Å². The van der Waals surface area contributed by atoms with Crippen molar-refractivity contribution in [3.8, 4) is 0 Å². The summed E-state index contributed by atoms with van der Waals surface area (Å²) in [5.74, 6) is -7.15. The average molecular weight is 187 g/mol. The Bertz CT molecular complexity index is 245. The first-order valence-electron chi connectivity index (χ1n) is 2.66. The highest BCUT2D eigenvalue weighted by molar-refractivity contribution is 6.56. The lowest BCUT2D eigenvalue weighted by molar-refractivity contribution is 0.114. The Hall–Kier alpha value is -1.08. The molecule has 0 radical (unpaired) electrons. The number of halogens is 6. The van der Waals surface area contributed by atoms with Crippen molar-refractivity contribution in [3.05, 3.63) is 23.3 Å². The normalized spacial score (nSPS) is 19.5. The van der Waals surface area contributed by atoms with Gasteiger partial charge in [-0.1, -0.05) is 0 Å². The first-order chi connectivity index (χ1) is 5.46. The van der Waals surface area contributed by atoms with E-state index in [1.807, 2.05) is 0 Å². The minimum atomic E-state index is -3.26. The fourth-order valence-corrected chi connectivity index (χ4v) is 0.593. The molecule has 0 bridgehead atoms. The lowest BCUT2D eigenvalue weighted by atomic mass is 9.82. The van der Waals surface area contributed by atoms with E-state index in [0.717, 1.165) is 0 Å². The van der Waals surface area contributed by atoms with Crippen molar-refractivity contribution in [1.29, 1.82) is 0 Å². The van der Waals surface area contributed by atoms with Crippen molar-refractivity contribution in [2.45, 2.75) is 0 Å². The van der Waals surface area contributed by atoms with Gasteiger partial charge in [0.1, 0.15) is 0 Å². The Morgan fingerprint density at radius 2 is 1.50 bits per heavy atom. The fraction of sp³-hybridized carbons (Fsp3) is 0. The first kappa shape index (κ1) is 9.02. The zero-order valence-electron chi connectivity index (χ0n) is 5.29. The second-order valence-corrected chi connectivity index (χ2v) is 1.91. The average Bonchev–Trinajstić information content (AvgIpc) is 2.08. The molecule has 0 unspecified atom stereocenters. The summed E-state index contributed by atoms with van der Waals surface area (Å²) in [6.07, 6.45) is 0. The van der Waals surface area contributed by atoms with Crippen molar-refractivity contribution in [3.63, 3.8) is 0 Å². The van der Waals surface area contributed by atoms with Crippen molar-refractivity contribution in [2.24, 2.45) is 0 Å². The van der Waals surface area contributed by atoms with E-state index < -0.39 is 35.5 Å². The van der Waals surface area contributed by atoms with Gasteiger partial charge in [0, 0.05) is 0 Å². The Balaban J connectivity index is 3.18. The third-order valence-electron chi connectivity index (χ3n) is 1.18. The smallest absolute Gasteiger partial charge is 0.289 e. The van der Waals surface area contributed by atoms with E-state index in [4.69, 9.17) is 0 Å². The van der Waals surface area contributed by atoms with Crippen LogP contribution in [-0.4, -0.2) is 12.2 Å². The number of rotatable bonds is 0. The molecule has 0 aliphatic carbocycles. The van der Waals surface area contributed by atoms with E-state index in [2.05, 4.69) is 0 Å². The van der Waals surface area contributed by atoms with Crippen LogP contribution in [0.2, 0.25) is 0 Å². The van der Waals surface area contributed by atoms with Gasteiger partial charge in [-0.05, 0) is 0 Å². The number of allylic oxidation sites excluding steroid dienone is 2. The molecule has 1 nitrogen and oxygen atoms in total. The van der Waals surface area contributed by atoms with Crippen molar-refractivity contribution in [2.75, 3.05) is 0 Å². The summed E-state index contributed by atoms with van der Waals surface area (Å²) in [4.78, 5) is 0. The predicted octanol–water partition coefficient (Wildman–Crippen LogP) is 2.44. The summed E-state index contributed by atoms with van der Waals surface area (Å²) in [5, 5.41) is -1.48. The van der Waals surface area contributed by atoms with Crippen LogP contribution in [-0.2, 0) is 0 Å². The second kappa shape index (κ2) is 2.76. The minimum Gasteiger partial charge on any atom is -0.289 e. The van der Waals surface area contributed by atoms with E-state index in [1.54, 1.807) is 0 Å². The zero-order chi connectivity index (χ0) is 9.46. The number of hydrogen-bond acceptors (Lipinski definition) is 1. The van der Waals surface area contributed by atoms with E-state index >= 15 is 0 Å². The molecule has 0 aromatic heterocycles. The number of hydrogen-bond donors (Lipinski definition) is 0. The molecule has 0 atom stereocenters. The van der Waals surface area contributed by atoms with Gasteiger partial charge in [-0.2, -0.15) is 13.8 Å². The van der Waals surface area contributed by atoms with Crippen LogP contribution in [0.1, 0.15) is 0 Å². The summed E-state index contributed by atoms with van der Waals surface area (Å²) in [6, 6.07) is 0. The third-order valence-corrected chi connectivity index (χ3v) is 1.18. The minimum absolute atomic E-state index is 1.48. The van der Waals surface area contributed by atoms with Gasteiger partial charge in [0.2, 0.25) is 11.8 Å². The fourth-order valence-electron chi connectivity index (χ4n) is 0.593.